The average molecular weight is 586 g/mol. The van der Waals surface area contributed by atoms with Crippen LogP contribution in [0.3, 0.4) is 0 Å². The molecule has 0 bridgehead atoms. The van der Waals surface area contributed by atoms with Crippen molar-refractivity contribution in [3.63, 3.8) is 0 Å². The summed E-state index contributed by atoms with van der Waals surface area (Å²) in [6.45, 7) is 16.3. The van der Waals surface area contributed by atoms with Crippen molar-refractivity contribution in [2.45, 2.75) is 112 Å². The second kappa shape index (κ2) is 20.2. The monoisotopic (exact) mass is 585 g/mol. The lowest BCUT2D eigenvalue weighted by Crippen LogP contribution is -2.35. The molecule has 42 heavy (non-hydrogen) atoms. The van der Waals surface area contributed by atoms with E-state index < -0.39 is 5.60 Å². The predicted octanol–water partition coefficient (Wildman–Crippen LogP) is 6.75. The summed E-state index contributed by atoms with van der Waals surface area (Å²) in [6.07, 6.45) is 8.24. The Morgan fingerprint density at radius 1 is 1.02 bits per heavy atom. The van der Waals surface area contributed by atoms with Gasteiger partial charge in [-0.25, -0.2) is 0 Å². The molecule has 4 N–H and O–H groups in total. The van der Waals surface area contributed by atoms with E-state index in [1.54, 1.807) is 20.8 Å². The van der Waals surface area contributed by atoms with Gasteiger partial charge in [0, 0.05) is 18.3 Å². The summed E-state index contributed by atoms with van der Waals surface area (Å²) in [5, 5.41) is 11.5. The standard InChI is InChI=1S/C28H38N2O3.C4H10O.C2H6.CH5N/c1-19-11-13-22(14-12-19)27-20(2)24(15-16-30(4)23-9-7-6-8-10-23)28(29-18-31)21(3)25(27)17-26(32)33-5;1-4(2,3)5;2*1-2/h11-14,18,23H,6-10,15-17H2,1-5H3,(H,29,31);5H,1-3H3;1-2H3;2H2,1H3. The number of benzene rings is 2. The number of nitrogens with one attached hydrogen (secondary N) is 1. The molecule has 0 aliphatic heterocycles. The molecule has 0 unspecified atom stereocenters. The third kappa shape index (κ3) is 13.1. The first-order valence-electron chi connectivity index (χ1n) is 15.4. The summed E-state index contributed by atoms with van der Waals surface area (Å²) in [6, 6.07) is 9.06. The highest BCUT2D eigenvalue weighted by Crippen LogP contribution is 2.39. The third-order valence-electron chi connectivity index (χ3n) is 7.26. The Labute approximate surface area is 256 Å². The number of ether oxygens (including phenoxy) is 1. The smallest absolute Gasteiger partial charge is 0.310 e. The van der Waals surface area contributed by atoms with Gasteiger partial charge in [0.2, 0.25) is 6.41 Å². The predicted molar refractivity (Wildman–Crippen MR) is 178 cm³/mol. The van der Waals surface area contributed by atoms with Crippen molar-refractivity contribution in [1.82, 2.24) is 4.90 Å². The molecule has 2 aromatic carbocycles. The van der Waals surface area contributed by atoms with Crippen molar-refractivity contribution in [3.05, 3.63) is 52.1 Å². The summed E-state index contributed by atoms with van der Waals surface area (Å²) in [5.41, 5.74) is 12.3. The largest absolute Gasteiger partial charge is 0.469 e. The zero-order valence-corrected chi connectivity index (χ0v) is 28.3. The number of rotatable bonds is 9. The highest BCUT2D eigenvalue weighted by Gasteiger charge is 2.24. The molecule has 1 aliphatic carbocycles. The van der Waals surface area contributed by atoms with Gasteiger partial charge >= 0.3 is 5.97 Å². The first-order valence-corrected chi connectivity index (χ1v) is 15.4. The van der Waals surface area contributed by atoms with Gasteiger partial charge in [-0.3, -0.25) is 9.59 Å². The molecule has 0 saturated heterocycles. The number of methoxy groups -OCH3 is 1. The fourth-order valence-electron chi connectivity index (χ4n) is 5.24. The lowest BCUT2D eigenvalue weighted by Gasteiger charge is -2.32. The van der Waals surface area contributed by atoms with Crippen molar-refractivity contribution in [1.29, 1.82) is 0 Å². The molecule has 0 radical (unpaired) electrons. The van der Waals surface area contributed by atoms with Crippen molar-refractivity contribution < 1.29 is 19.4 Å². The van der Waals surface area contributed by atoms with Crippen molar-refractivity contribution in [3.8, 4) is 11.1 Å². The van der Waals surface area contributed by atoms with Crippen molar-refractivity contribution >= 4 is 18.1 Å². The van der Waals surface area contributed by atoms with E-state index in [2.05, 4.69) is 61.1 Å². The number of likely N-dealkylation sites (N-methyl/N-ethyl adjacent to an activating group) is 1. The van der Waals surface area contributed by atoms with E-state index in [1.165, 1.54) is 51.8 Å². The number of aliphatic hydroxyl groups is 1. The Hall–Kier alpha value is -2.74. The van der Waals surface area contributed by atoms with Crippen LogP contribution >= 0.6 is 0 Å². The van der Waals surface area contributed by atoms with Crippen LogP contribution in [0.4, 0.5) is 5.69 Å². The van der Waals surface area contributed by atoms with Gasteiger partial charge in [0.25, 0.3) is 0 Å². The highest BCUT2D eigenvalue weighted by atomic mass is 16.5. The van der Waals surface area contributed by atoms with Crippen LogP contribution in [0.25, 0.3) is 11.1 Å². The number of hydrogen-bond acceptors (Lipinski definition) is 6. The maximum atomic E-state index is 12.3. The van der Waals surface area contributed by atoms with E-state index in [9.17, 15) is 9.59 Å². The van der Waals surface area contributed by atoms with Crippen LogP contribution in [0.2, 0.25) is 0 Å². The summed E-state index contributed by atoms with van der Waals surface area (Å²) < 4.78 is 5.00. The van der Waals surface area contributed by atoms with Crippen LogP contribution in [0.15, 0.2) is 24.3 Å². The van der Waals surface area contributed by atoms with Gasteiger partial charge in [-0.2, -0.15) is 0 Å². The van der Waals surface area contributed by atoms with E-state index in [1.807, 2.05) is 20.8 Å². The fraction of sp³-hybridized carbons (Fsp3) is 0.600. The maximum absolute atomic E-state index is 12.3. The number of hydrogen-bond donors (Lipinski definition) is 3. The summed E-state index contributed by atoms with van der Waals surface area (Å²) in [7, 11) is 5.13. The van der Waals surface area contributed by atoms with Crippen molar-refractivity contribution in [2.75, 3.05) is 33.1 Å². The second-order valence-electron chi connectivity index (χ2n) is 11.5. The topological polar surface area (TPSA) is 105 Å². The van der Waals surface area contributed by atoms with Gasteiger partial charge in [0.05, 0.1) is 19.1 Å². The molecular formula is C35H59N3O4. The molecule has 0 atom stereocenters. The van der Waals surface area contributed by atoms with Crippen LogP contribution in [0.5, 0.6) is 0 Å². The van der Waals surface area contributed by atoms with E-state index in [4.69, 9.17) is 9.84 Å². The van der Waals surface area contributed by atoms with Crippen LogP contribution in [0.1, 0.15) is 94.5 Å². The summed E-state index contributed by atoms with van der Waals surface area (Å²) >= 11 is 0. The number of amides is 1. The Morgan fingerprint density at radius 3 is 2.02 bits per heavy atom. The Bertz CT molecular complexity index is 1060. The Kier molecular flexibility index (Phi) is 18.9. The minimum Gasteiger partial charge on any atom is -0.469 e. The van der Waals surface area contributed by atoms with Gasteiger partial charge in [0.1, 0.15) is 0 Å². The number of nitrogens with two attached hydrogens (primary N) is 1. The lowest BCUT2D eigenvalue weighted by atomic mass is 9.84. The van der Waals surface area contributed by atoms with Crippen LogP contribution < -0.4 is 11.1 Å². The Balaban J connectivity index is 0.00000166. The van der Waals surface area contributed by atoms with Crippen LogP contribution in [-0.2, 0) is 27.2 Å². The molecule has 0 aromatic heterocycles. The van der Waals surface area contributed by atoms with Crippen LogP contribution in [-0.4, -0.2) is 61.8 Å². The Morgan fingerprint density at radius 2 is 1.55 bits per heavy atom. The fourth-order valence-corrected chi connectivity index (χ4v) is 5.24. The lowest BCUT2D eigenvalue weighted by molar-refractivity contribution is -0.139. The minimum atomic E-state index is -0.500. The molecule has 0 spiro atoms. The van der Waals surface area contributed by atoms with Gasteiger partial charge < -0.3 is 25.8 Å². The molecule has 0 heterocycles. The van der Waals surface area contributed by atoms with Gasteiger partial charge in [-0.05, 0) is 108 Å². The molecule has 1 amide bonds. The minimum absolute atomic E-state index is 0.169. The van der Waals surface area contributed by atoms with Crippen molar-refractivity contribution in [2.24, 2.45) is 5.73 Å². The molecule has 238 valence electrons. The number of aryl methyl sites for hydroxylation is 1. The quantitative estimate of drug-likeness (QED) is 0.222. The summed E-state index contributed by atoms with van der Waals surface area (Å²) in [5.74, 6) is -0.285. The normalized spacial score (nSPS) is 13.0. The number of anilines is 1. The number of nitrogens with zero attached hydrogens (tertiary/aromatic N) is 1. The number of carbonyl (C=O) groups is 2. The summed E-state index contributed by atoms with van der Waals surface area (Å²) in [4.78, 5) is 26.3. The molecule has 7 nitrogen and oxygen atoms in total. The van der Waals surface area contributed by atoms with E-state index in [-0.39, 0.29) is 12.4 Å². The van der Waals surface area contributed by atoms with Gasteiger partial charge in [-0.15, -0.1) is 0 Å². The molecule has 1 fully saturated rings. The number of esters is 1. The van der Waals surface area contributed by atoms with E-state index in [0.717, 1.165) is 58.4 Å². The zero-order valence-electron chi connectivity index (χ0n) is 28.3. The van der Waals surface area contributed by atoms with Gasteiger partial charge in [0.15, 0.2) is 0 Å². The first-order chi connectivity index (χ1) is 19.9. The molecule has 7 heteroatoms. The van der Waals surface area contributed by atoms with E-state index in [0.29, 0.717) is 6.04 Å². The highest BCUT2D eigenvalue weighted by molar-refractivity contribution is 5.87. The zero-order chi connectivity index (χ0) is 32.5. The van der Waals surface area contributed by atoms with E-state index >= 15 is 0 Å². The number of carbonyl (C=O) groups excluding carboxylic acids is 2. The first kappa shape index (κ1) is 39.3. The molecular weight excluding hydrogens is 526 g/mol. The molecule has 1 aliphatic rings. The molecule has 1 saturated carbocycles. The molecule has 2 aromatic rings. The average Bonchev–Trinajstić information content (AvgIpc) is 2.97. The SMILES string of the molecule is CC.CC(C)(C)O.CN.COC(=O)Cc1c(C)c(NC=O)c(CCN(C)C2CCCCC2)c(C)c1-c1ccc(C)cc1. The third-order valence-corrected chi connectivity index (χ3v) is 7.26. The van der Waals surface area contributed by atoms with Gasteiger partial charge in [-0.1, -0.05) is 62.9 Å². The second-order valence-corrected chi connectivity index (χ2v) is 11.5. The maximum Gasteiger partial charge on any atom is 0.310 e. The molecule has 3 rings (SSSR count). The van der Waals surface area contributed by atoms with Crippen LogP contribution in [0, 0.1) is 20.8 Å².